The molecule has 170 valence electrons. The summed E-state index contributed by atoms with van der Waals surface area (Å²) >= 11 is 0. The fraction of sp³-hybridized carbons (Fsp3) is 0.778. The molecule has 0 aliphatic heterocycles. The monoisotopic (exact) mass is 425 g/mol. The van der Waals surface area contributed by atoms with Crippen molar-refractivity contribution in [1.82, 2.24) is 4.98 Å². The molecule has 4 aliphatic rings. The maximum absolute atomic E-state index is 13.3. The summed E-state index contributed by atoms with van der Waals surface area (Å²) in [4.78, 5) is 17.9. The molecule has 9 atom stereocenters. The number of aliphatic hydroxyl groups excluding tert-OH is 1. The lowest BCUT2D eigenvalue weighted by Crippen LogP contribution is -2.57. The van der Waals surface area contributed by atoms with Gasteiger partial charge >= 0.3 is 0 Å². The van der Waals surface area contributed by atoms with Crippen LogP contribution >= 0.6 is 0 Å². The quantitative estimate of drug-likeness (QED) is 0.666. The predicted molar refractivity (Wildman–Crippen MR) is 121 cm³/mol. The van der Waals surface area contributed by atoms with Crippen LogP contribution < -0.4 is 0 Å². The number of Topliss-reactive ketones (excluding diaryl/α,β-unsaturated/α-hetero) is 1. The summed E-state index contributed by atoms with van der Waals surface area (Å²) in [7, 11) is 0. The molecule has 4 nitrogen and oxygen atoms in total. The fourth-order valence-corrected chi connectivity index (χ4v) is 8.99. The first-order valence-electron chi connectivity index (χ1n) is 12.5. The molecule has 0 aromatic carbocycles. The molecule has 2 N–H and O–H groups in total. The van der Waals surface area contributed by atoms with Gasteiger partial charge in [0.05, 0.1) is 11.8 Å². The summed E-state index contributed by atoms with van der Waals surface area (Å²) in [5.41, 5.74) is 2.11. The third kappa shape index (κ3) is 3.11. The number of hydrogen-bond donors (Lipinski definition) is 2. The zero-order valence-electron chi connectivity index (χ0n) is 19.6. The minimum Gasteiger partial charge on any atom is -0.506 e. The molecule has 5 rings (SSSR count). The summed E-state index contributed by atoms with van der Waals surface area (Å²) in [6.45, 7) is 9.04. The maximum Gasteiger partial charge on any atom is 0.137 e. The highest BCUT2D eigenvalue weighted by Gasteiger charge is 2.62. The van der Waals surface area contributed by atoms with E-state index in [0.717, 1.165) is 30.5 Å². The Labute approximate surface area is 186 Å². The number of rotatable bonds is 2. The number of carbonyl (C=O) groups excluding carboxylic acids is 1. The Balaban J connectivity index is 1.43. The van der Waals surface area contributed by atoms with Crippen LogP contribution in [0.5, 0.6) is 5.75 Å². The van der Waals surface area contributed by atoms with Crippen LogP contribution in [0.2, 0.25) is 0 Å². The minimum absolute atomic E-state index is 0.0617. The third-order valence-electron chi connectivity index (χ3n) is 10.6. The minimum atomic E-state index is -0.293. The van der Waals surface area contributed by atoms with Crippen LogP contribution in [0.1, 0.15) is 89.3 Å². The van der Waals surface area contributed by atoms with Crippen molar-refractivity contribution >= 4 is 5.78 Å². The number of aromatic hydroxyl groups is 1. The molecule has 4 aliphatic carbocycles. The van der Waals surface area contributed by atoms with Crippen molar-refractivity contribution in [3.05, 3.63) is 23.5 Å². The molecular formula is C27H39NO3. The smallest absolute Gasteiger partial charge is 0.137 e. The highest BCUT2D eigenvalue weighted by Crippen LogP contribution is 2.68. The van der Waals surface area contributed by atoms with Crippen molar-refractivity contribution in [3.8, 4) is 5.75 Å². The first-order chi connectivity index (χ1) is 14.6. The van der Waals surface area contributed by atoms with Gasteiger partial charge in [0.2, 0.25) is 0 Å². The summed E-state index contributed by atoms with van der Waals surface area (Å²) < 4.78 is 0. The Bertz CT molecular complexity index is 883. The number of aliphatic hydroxyl groups is 1. The first kappa shape index (κ1) is 21.4. The Hall–Kier alpha value is -1.42. The van der Waals surface area contributed by atoms with Gasteiger partial charge < -0.3 is 10.2 Å². The lowest BCUT2D eigenvalue weighted by molar-refractivity contribution is -0.159. The molecule has 0 radical (unpaired) electrons. The van der Waals surface area contributed by atoms with E-state index in [1.807, 2.05) is 19.2 Å². The average molecular weight is 426 g/mol. The standard InChI is InChI=1S/C27H39NO3/c1-15-11-24(31)25(28-14-15)16(2)19-5-6-20-18-13-23(30)22-12-17(29)7-9-27(22,4)21(18)8-10-26(19,20)3/h11,14,16-22,29,31H,5-10,12-13H2,1-4H3/t16-,17+,18-,19+,20-,21-,22+,26+,27+/m0/s1. The second-order valence-electron chi connectivity index (χ2n) is 12.0. The van der Waals surface area contributed by atoms with Gasteiger partial charge in [-0.05, 0) is 98.0 Å². The van der Waals surface area contributed by atoms with E-state index in [1.165, 1.54) is 19.3 Å². The van der Waals surface area contributed by atoms with Gasteiger partial charge in [0.15, 0.2) is 0 Å². The molecule has 4 saturated carbocycles. The average Bonchev–Trinajstić information content (AvgIpc) is 3.06. The Kier molecular flexibility index (Phi) is 5.04. The van der Waals surface area contributed by atoms with E-state index in [1.54, 1.807) is 0 Å². The SMILES string of the molecule is Cc1cnc([C@@H](C)[C@H]2CC[C@H]3[C@@H]4CC(=O)[C@H]5C[C@H](O)CC[C@]5(C)[C@H]4CC[C@]23C)c(O)c1. The maximum atomic E-state index is 13.3. The Morgan fingerprint density at radius 2 is 1.81 bits per heavy atom. The van der Waals surface area contributed by atoms with E-state index in [2.05, 4.69) is 25.8 Å². The third-order valence-corrected chi connectivity index (χ3v) is 10.6. The van der Waals surface area contributed by atoms with Crippen LogP contribution in [0, 0.1) is 47.3 Å². The Morgan fingerprint density at radius 3 is 2.55 bits per heavy atom. The highest BCUT2D eigenvalue weighted by atomic mass is 16.3. The lowest BCUT2D eigenvalue weighted by Gasteiger charge is -2.60. The first-order valence-corrected chi connectivity index (χ1v) is 12.5. The molecular weight excluding hydrogens is 386 g/mol. The normalized spacial score (nSPS) is 45.5. The van der Waals surface area contributed by atoms with Crippen LogP contribution in [0.25, 0.3) is 0 Å². The number of pyridine rings is 1. The summed E-state index contributed by atoms with van der Waals surface area (Å²) in [5.74, 6) is 3.21. The van der Waals surface area contributed by atoms with Crippen LogP contribution in [0.15, 0.2) is 12.3 Å². The Morgan fingerprint density at radius 1 is 1.10 bits per heavy atom. The van der Waals surface area contributed by atoms with E-state index in [4.69, 9.17) is 0 Å². The number of ketones is 1. The molecule has 0 bridgehead atoms. The molecule has 31 heavy (non-hydrogen) atoms. The van der Waals surface area contributed by atoms with Gasteiger partial charge in [0.1, 0.15) is 11.5 Å². The van der Waals surface area contributed by atoms with Gasteiger partial charge in [-0.25, -0.2) is 0 Å². The van der Waals surface area contributed by atoms with Gasteiger partial charge in [-0.1, -0.05) is 20.8 Å². The van der Waals surface area contributed by atoms with Gasteiger partial charge in [-0.3, -0.25) is 9.78 Å². The van der Waals surface area contributed by atoms with Gasteiger partial charge in [-0.15, -0.1) is 0 Å². The zero-order valence-corrected chi connectivity index (χ0v) is 19.6. The molecule has 0 spiro atoms. The zero-order chi connectivity index (χ0) is 22.1. The molecule has 4 heteroatoms. The van der Waals surface area contributed by atoms with E-state index in [9.17, 15) is 15.0 Å². The number of carbonyl (C=O) groups is 1. The predicted octanol–water partition coefficient (Wildman–Crippen LogP) is 5.40. The van der Waals surface area contributed by atoms with E-state index >= 15 is 0 Å². The molecule has 0 saturated heterocycles. The molecule has 1 heterocycles. The number of fused-ring (bicyclic) bond motifs is 5. The van der Waals surface area contributed by atoms with Crippen LogP contribution in [-0.4, -0.2) is 27.1 Å². The van der Waals surface area contributed by atoms with E-state index in [0.29, 0.717) is 48.0 Å². The molecule has 1 aromatic heterocycles. The van der Waals surface area contributed by atoms with Crippen LogP contribution in [-0.2, 0) is 4.79 Å². The van der Waals surface area contributed by atoms with Crippen molar-refractivity contribution in [1.29, 1.82) is 0 Å². The second-order valence-corrected chi connectivity index (χ2v) is 12.0. The van der Waals surface area contributed by atoms with Crippen LogP contribution in [0.3, 0.4) is 0 Å². The van der Waals surface area contributed by atoms with Gasteiger partial charge in [0.25, 0.3) is 0 Å². The van der Waals surface area contributed by atoms with Crippen molar-refractivity contribution < 1.29 is 15.0 Å². The number of hydrogen-bond acceptors (Lipinski definition) is 4. The van der Waals surface area contributed by atoms with E-state index in [-0.39, 0.29) is 28.8 Å². The molecule has 0 unspecified atom stereocenters. The summed E-state index contributed by atoms with van der Waals surface area (Å²) in [5, 5.41) is 20.8. The van der Waals surface area contributed by atoms with Crippen molar-refractivity contribution in [3.63, 3.8) is 0 Å². The molecule has 0 amide bonds. The van der Waals surface area contributed by atoms with E-state index < -0.39 is 0 Å². The summed E-state index contributed by atoms with van der Waals surface area (Å²) in [6, 6.07) is 1.84. The topological polar surface area (TPSA) is 70.4 Å². The summed E-state index contributed by atoms with van der Waals surface area (Å²) in [6.07, 6.45) is 9.58. The molecule has 4 fully saturated rings. The largest absolute Gasteiger partial charge is 0.506 e. The van der Waals surface area contributed by atoms with Crippen molar-refractivity contribution in [2.24, 2.45) is 40.4 Å². The number of aryl methyl sites for hydroxylation is 1. The van der Waals surface area contributed by atoms with Gasteiger partial charge in [0, 0.05) is 24.5 Å². The van der Waals surface area contributed by atoms with Crippen molar-refractivity contribution in [2.45, 2.75) is 91.1 Å². The molecule has 1 aromatic rings. The highest BCUT2D eigenvalue weighted by molar-refractivity contribution is 5.83. The number of nitrogens with zero attached hydrogens (tertiary/aromatic N) is 1. The second kappa shape index (κ2) is 7.30. The van der Waals surface area contributed by atoms with Crippen LogP contribution in [0.4, 0.5) is 0 Å². The lowest BCUT2D eigenvalue weighted by atomic mass is 9.44. The fourth-order valence-electron chi connectivity index (χ4n) is 8.99. The van der Waals surface area contributed by atoms with Crippen molar-refractivity contribution in [2.75, 3.05) is 0 Å². The number of aromatic nitrogens is 1. The van der Waals surface area contributed by atoms with Gasteiger partial charge in [-0.2, -0.15) is 0 Å².